The second-order valence-electron chi connectivity index (χ2n) is 2.68. The van der Waals surface area contributed by atoms with E-state index in [1.807, 2.05) is 13.0 Å². The van der Waals surface area contributed by atoms with Crippen molar-refractivity contribution in [1.29, 1.82) is 0 Å². The average Bonchev–Trinajstić information content (AvgIpc) is 2.46. The quantitative estimate of drug-likeness (QED) is 0.659. The first-order chi connectivity index (χ1) is 5.79. The van der Waals surface area contributed by atoms with Crippen molar-refractivity contribution < 1.29 is 0 Å². The lowest BCUT2D eigenvalue weighted by Crippen LogP contribution is -1.85. The van der Waals surface area contributed by atoms with Crippen LogP contribution >= 0.6 is 0 Å². The maximum Gasteiger partial charge on any atom is 0.177 e. The van der Waals surface area contributed by atoms with Crippen molar-refractivity contribution in [2.24, 2.45) is 0 Å². The van der Waals surface area contributed by atoms with E-state index >= 15 is 0 Å². The van der Waals surface area contributed by atoms with Gasteiger partial charge in [-0.05, 0) is 6.07 Å². The van der Waals surface area contributed by atoms with Crippen molar-refractivity contribution in [2.75, 3.05) is 5.73 Å². The maximum atomic E-state index is 5.56. The van der Waals surface area contributed by atoms with Crippen LogP contribution in [0.15, 0.2) is 12.3 Å². The molecule has 0 fully saturated rings. The number of nitrogens with zero attached hydrogens (tertiary/aromatic N) is 2. The highest BCUT2D eigenvalue weighted by Gasteiger charge is 2.01. The Labute approximate surface area is 69.8 Å². The summed E-state index contributed by atoms with van der Waals surface area (Å²) in [5.41, 5.74) is 7.87. The molecule has 0 bridgehead atoms. The Hall–Kier alpha value is -1.58. The van der Waals surface area contributed by atoms with Gasteiger partial charge in [-0.3, -0.25) is 0 Å². The SMILES string of the molecule is CCc1nc2ncc(N)cc2[nH]1. The molecule has 2 aromatic heterocycles. The number of aryl methyl sites for hydroxylation is 1. The van der Waals surface area contributed by atoms with Crippen molar-refractivity contribution in [1.82, 2.24) is 15.0 Å². The number of aromatic nitrogens is 3. The Bertz CT molecular complexity index is 404. The number of fused-ring (bicyclic) bond motifs is 1. The molecule has 0 atom stereocenters. The Morgan fingerprint density at radius 2 is 2.42 bits per heavy atom. The van der Waals surface area contributed by atoms with Gasteiger partial charge in [0.2, 0.25) is 0 Å². The third-order valence-corrected chi connectivity index (χ3v) is 1.74. The number of H-pyrrole nitrogens is 1. The van der Waals surface area contributed by atoms with Gasteiger partial charge in [0.15, 0.2) is 5.65 Å². The number of nitrogens with two attached hydrogens (primary N) is 1. The Kier molecular flexibility index (Phi) is 1.46. The van der Waals surface area contributed by atoms with Crippen LogP contribution in [-0.2, 0) is 6.42 Å². The lowest BCUT2D eigenvalue weighted by Gasteiger charge is -1.88. The summed E-state index contributed by atoms with van der Waals surface area (Å²) in [5.74, 6) is 0.947. The largest absolute Gasteiger partial charge is 0.397 e. The summed E-state index contributed by atoms with van der Waals surface area (Å²) in [5, 5.41) is 0. The van der Waals surface area contributed by atoms with Crippen molar-refractivity contribution in [3.05, 3.63) is 18.1 Å². The van der Waals surface area contributed by atoms with Gasteiger partial charge in [0.1, 0.15) is 5.82 Å². The molecule has 4 heteroatoms. The third kappa shape index (κ3) is 1.01. The lowest BCUT2D eigenvalue weighted by atomic mass is 10.4. The average molecular weight is 162 g/mol. The van der Waals surface area contributed by atoms with Crippen molar-refractivity contribution in [3.8, 4) is 0 Å². The number of nitrogens with one attached hydrogen (secondary N) is 1. The van der Waals surface area contributed by atoms with E-state index in [9.17, 15) is 0 Å². The van der Waals surface area contributed by atoms with Crippen LogP contribution in [0.2, 0.25) is 0 Å². The molecule has 3 N–H and O–H groups in total. The first kappa shape index (κ1) is 7.09. The fraction of sp³-hybridized carbons (Fsp3) is 0.250. The molecule has 0 saturated carbocycles. The summed E-state index contributed by atoms with van der Waals surface area (Å²) in [6.07, 6.45) is 2.50. The van der Waals surface area contributed by atoms with Crippen molar-refractivity contribution in [3.63, 3.8) is 0 Å². The highest BCUT2D eigenvalue weighted by Crippen LogP contribution is 2.11. The molecule has 0 unspecified atom stereocenters. The van der Waals surface area contributed by atoms with Crippen molar-refractivity contribution >= 4 is 16.9 Å². The summed E-state index contributed by atoms with van der Waals surface area (Å²) >= 11 is 0. The summed E-state index contributed by atoms with van der Waals surface area (Å²) < 4.78 is 0. The number of hydrogen-bond donors (Lipinski definition) is 2. The normalized spacial score (nSPS) is 10.8. The highest BCUT2D eigenvalue weighted by atomic mass is 15.0. The molecule has 0 aliphatic rings. The predicted molar refractivity (Wildman–Crippen MR) is 47.7 cm³/mol. The van der Waals surface area contributed by atoms with Gasteiger partial charge in [0.25, 0.3) is 0 Å². The molecule has 0 spiro atoms. The Morgan fingerprint density at radius 1 is 1.58 bits per heavy atom. The van der Waals surface area contributed by atoms with Crippen LogP contribution in [0.4, 0.5) is 5.69 Å². The molecule has 2 aromatic rings. The summed E-state index contributed by atoms with van der Waals surface area (Å²) in [6.45, 7) is 2.04. The minimum Gasteiger partial charge on any atom is -0.397 e. The van der Waals surface area contributed by atoms with Gasteiger partial charge in [-0.15, -0.1) is 0 Å². The summed E-state index contributed by atoms with van der Waals surface area (Å²) in [7, 11) is 0. The number of imidazole rings is 1. The second kappa shape index (κ2) is 2.48. The molecule has 2 rings (SSSR count). The van der Waals surface area contributed by atoms with Crippen molar-refractivity contribution in [2.45, 2.75) is 13.3 Å². The van der Waals surface area contributed by atoms with E-state index in [0.29, 0.717) is 5.69 Å². The maximum absolute atomic E-state index is 5.56. The van der Waals surface area contributed by atoms with Crippen LogP contribution in [0.1, 0.15) is 12.7 Å². The van der Waals surface area contributed by atoms with Gasteiger partial charge in [0.05, 0.1) is 17.4 Å². The van der Waals surface area contributed by atoms with Gasteiger partial charge >= 0.3 is 0 Å². The Morgan fingerprint density at radius 3 is 3.17 bits per heavy atom. The minimum atomic E-state index is 0.661. The van der Waals surface area contributed by atoms with E-state index in [0.717, 1.165) is 23.4 Å². The third-order valence-electron chi connectivity index (χ3n) is 1.74. The zero-order chi connectivity index (χ0) is 8.55. The zero-order valence-electron chi connectivity index (χ0n) is 6.83. The molecule has 0 amide bonds. The van der Waals surface area contributed by atoms with Gasteiger partial charge in [-0.25, -0.2) is 9.97 Å². The number of pyridine rings is 1. The van der Waals surface area contributed by atoms with E-state index in [1.165, 1.54) is 0 Å². The molecule has 0 aromatic carbocycles. The Balaban J connectivity index is 2.67. The fourth-order valence-electron chi connectivity index (χ4n) is 1.13. The first-order valence-electron chi connectivity index (χ1n) is 3.89. The second-order valence-corrected chi connectivity index (χ2v) is 2.68. The summed E-state index contributed by atoms with van der Waals surface area (Å²) in [4.78, 5) is 11.5. The molecule has 0 radical (unpaired) electrons. The molecular weight excluding hydrogens is 152 g/mol. The summed E-state index contributed by atoms with van der Waals surface area (Å²) in [6, 6.07) is 1.84. The molecule has 0 saturated heterocycles. The highest BCUT2D eigenvalue weighted by molar-refractivity contribution is 5.73. The van der Waals surface area contributed by atoms with Gasteiger partial charge in [-0.2, -0.15) is 0 Å². The van der Waals surface area contributed by atoms with Crippen LogP contribution in [-0.4, -0.2) is 15.0 Å². The van der Waals surface area contributed by atoms with E-state index in [4.69, 9.17) is 5.73 Å². The van der Waals surface area contributed by atoms with Crippen LogP contribution in [0.5, 0.6) is 0 Å². The van der Waals surface area contributed by atoms with Crippen LogP contribution in [0, 0.1) is 0 Å². The smallest absolute Gasteiger partial charge is 0.177 e. The predicted octanol–water partition coefficient (Wildman–Crippen LogP) is 1.10. The molecular formula is C8H10N4. The standard InChI is InChI=1S/C8H10N4/c1-2-7-11-6-3-5(9)4-10-8(6)12-7/h3-4H,2,9H2,1H3,(H,10,11,12). The lowest BCUT2D eigenvalue weighted by molar-refractivity contribution is 0.997. The van der Waals surface area contributed by atoms with Crippen LogP contribution in [0.25, 0.3) is 11.2 Å². The topological polar surface area (TPSA) is 67.6 Å². The van der Waals surface area contributed by atoms with Gasteiger partial charge in [0, 0.05) is 6.42 Å². The fourth-order valence-corrected chi connectivity index (χ4v) is 1.13. The number of hydrogen-bond acceptors (Lipinski definition) is 3. The van der Waals surface area contributed by atoms with E-state index < -0.39 is 0 Å². The molecule has 12 heavy (non-hydrogen) atoms. The number of anilines is 1. The minimum absolute atomic E-state index is 0.661. The molecule has 0 aliphatic heterocycles. The van der Waals surface area contributed by atoms with Crippen LogP contribution in [0.3, 0.4) is 0 Å². The van der Waals surface area contributed by atoms with Gasteiger partial charge < -0.3 is 10.7 Å². The monoisotopic (exact) mass is 162 g/mol. The molecule has 62 valence electrons. The van der Waals surface area contributed by atoms with E-state index in [1.54, 1.807) is 6.20 Å². The van der Waals surface area contributed by atoms with E-state index in [2.05, 4.69) is 15.0 Å². The number of aromatic amines is 1. The zero-order valence-corrected chi connectivity index (χ0v) is 6.83. The first-order valence-corrected chi connectivity index (χ1v) is 3.89. The number of rotatable bonds is 1. The van der Waals surface area contributed by atoms with Crippen LogP contribution < -0.4 is 5.73 Å². The van der Waals surface area contributed by atoms with E-state index in [-0.39, 0.29) is 0 Å². The molecule has 4 nitrogen and oxygen atoms in total. The molecule has 2 heterocycles. The molecule has 0 aliphatic carbocycles. The number of nitrogen functional groups attached to an aromatic ring is 1. The van der Waals surface area contributed by atoms with Gasteiger partial charge in [-0.1, -0.05) is 6.92 Å².